The number of nitrogens with zero attached hydrogens (tertiary/aromatic N) is 1. The SMILES string of the molecule is CCCCCCCCc1ccc(-c2ccc(C3=N/C(=C/c4cc(OC)c(OC)c(OC)c4)C(=O)O3)cc2)cc1. The van der Waals surface area contributed by atoms with E-state index in [1.807, 2.05) is 24.3 Å². The second kappa shape index (κ2) is 13.7. The Morgan fingerprint density at radius 1 is 0.744 bits per heavy atom. The minimum atomic E-state index is -0.510. The molecule has 3 aromatic rings. The van der Waals surface area contributed by atoms with Gasteiger partial charge >= 0.3 is 5.97 Å². The number of unbranched alkanes of at least 4 members (excludes halogenated alkanes) is 5. The van der Waals surface area contributed by atoms with Crippen LogP contribution in [0.4, 0.5) is 0 Å². The van der Waals surface area contributed by atoms with Gasteiger partial charge in [-0.15, -0.1) is 0 Å². The molecule has 0 N–H and O–H groups in total. The number of carbonyl (C=O) groups is 1. The van der Waals surface area contributed by atoms with Gasteiger partial charge in [0, 0.05) is 5.56 Å². The zero-order chi connectivity index (χ0) is 27.6. The largest absolute Gasteiger partial charge is 0.493 e. The number of hydrogen-bond donors (Lipinski definition) is 0. The second-order valence-electron chi connectivity index (χ2n) is 9.59. The molecular weight excluding hydrogens is 490 g/mol. The van der Waals surface area contributed by atoms with Crippen LogP contribution >= 0.6 is 0 Å². The Bertz CT molecular complexity index is 1300. The van der Waals surface area contributed by atoms with Gasteiger partial charge in [-0.05, 0) is 65.4 Å². The molecule has 1 aliphatic rings. The van der Waals surface area contributed by atoms with Crippen LogP contribution in [0.15, 0.2) is 71.4 Å². The van der Waals surface area contributed by atoms with E-state index in [9.17, 15) is 4.79 Å². The van der Waals surface area contributed by atoms with Crippen molar-refractivity contribution >= 4 is 17.9 Å². The van der Waals surface area contributed by atoms with Gasteiger partial charge < -0.3 is 18.9 Å². The zero-order valence-corrected chi connectivity index (χ0v) is 23.3. The first-order valence-corrected chi connectivity index (χ1v) is 13.6. The highest BCUT2D eigenvalue weighted by Crippen LogP contribution is 2.39. The molecule has 204 valence electrons. The van der Waals surface area contributed by atoms with E-state index in [2.05, 4.69) is 36.2 Å². The number of hydrogen-bond acceptors (Lipinski definition) is 6. The number of aliphatic imine (C=N–C) groups is 1. The lowest BCUT2D eigenvalue weighted by Crippen LogP contribution is -2.05. The summed E-state index contributed by atoms with van der Waals surface area (Å²) in [4.78, 5) is 17.0. The third kappa shape index (κ3) is 7.08. The molecule has 0 atom stereocenters. The highest BCUT2D eigenvalue weighted by atomic mass is 16.6. The molecule has 4 rings (SSSR count). The topological polar surface area (TPSA) is 66.3 Å². The van der Waals surface area contributed by atoms with Crippen LogP contribution in [-0.2, 0) is 16.0 Å². The maximum Gasteiger partial charge on any atom is 0.363 e. The quantitative estimate of drug-likeness (QED) is 0.130. The Morgan fingerprint density at radius 3 is 1.90 bits per heavy atom. The first-order valence-electron chi connectivity index (χ1n) is 13.6. The first kappa shape index (κ1) is 28.0. The van der Waals surface area contributed by atoms with E-state index in [0.29, 0.717) is 22.8 Å². The fourth-order valence-corrected chi connectivity index (χ4v) is 4.65. The van der Waals surface area contributed by atoms with Crippen LogP contribution < -0.4 is 14.2 Å². The van der Waals surface area contributed by atoms with E-state index in [1.54, 1.807) is 39.5 Å². The van der Waals surface area contributed by atoms with Crippen LogP contribution in [0.1, 0.15) is 62.1 Å². The van der Waals surface area contributed by atoms with Gasteiger partial charge in [-0.1, -0.05) is 75.4 Å². The van der Waals surface area contributed by atoms with Crippen molar-refractivity contribution in [3.63, 3.8) is 0 Å². The lowest BCUT2D eigenvalue weighted by Gasteiger charge is -2.12. The number of ether oxygens (including phenoxy) is 4. The van der Waals surface area contributed by atoms with Crippen LogP contribution in [0.3, 0.4) is 0 Å². The van der Waals surface area contributed by atoms with E-state index in [0.717, 1.165) is 23.1 Å². The van der Waals surface area contributed by atoms with Crippen molar-refractivity contribution in [3.05, 3.63) is 83.1 Å². The van der Waals surface area contributed by atoms with Crippen LogP contribution in [0.5, 0.6) is 17.2 Å². The minimum Gasteiger partial charge on any atom is -0.493 e. The second-order valence-corrected chi connectivity index (χ2v) is 9.59. The smallest absolute Gasteiger partial charge is 0.363 e. The third-order valence-electron chi connectivity index (χ3n) is 6.85. The predicted molar refractivity (Wildman–Crippen MR) is 156 cm³/mol. The van der Waals surface area contributed by atoms with E-state index in [1.165, 1.54) is 44.1 Å². The van der Waals surface area contributed by atoms with E-state index in [-0.39, 0.29) is 11.6 Å². The molecule has 0 unspecified atom stereocenters. The van der Waals surface area contributed by atoms with Crippen molar-refractivity contribution in [1.29, 1.82) is 0 Å². The summed E-state index contributed by atoms with van der Waals surface area (Å²) in [7, 11) is 4.63. The fraction of sp³-hybridized carbons (Fsp3) is 0.333. The standard InChI is InChI=1S/C33H37NO5/c1-5-6-7-8-9-10-11-23-12-14-25(15-13-23)26-16-18-27(19-17-26)32-34-28(33(35)39-32)20-24-21-29(36-2)31(38-4)30(22-24)37-3/h12-22H,5-11H2,1-4H3/b28-20+. The number of cyclic esters (lactones) is 1. The van der Waals surface area contributed by atoms with Crippen molar-refractivity contribution in [2.24, 2.45) is 4.99 Å². The van der Waals surface area contributed by atoms with Gasteiger partial charge in [0.05, 0.1) is 21.3 Å². The summed E-state index contributed by atoms with van der Waals surface area (Å²) >= 11 is 0. The first-order chi connectivity index (χ1) is 19.1. The van der Waals surface area contributed by atoms with Gasteiger partial charge in [0.15, 0.2) is 17.2 Å². The summed E-state index contributed by atoms with van der Waals surface area (Å²) < 4.78 is 21.6. The van der Waals surface area contributed by atoms with E-state index >= 15 is 0 Å². The maximum atomic E-state index is 12.6. The third-order valence-corrected chi connectivity index (χ3v) is 6.85. The monoisotopic (exact) mass is 527 g/mol. The molecule has 0 amide bonds. The van der Waals surface area contributed by atoms with Gasteiger partial charge in [-0.2, -0.15) is 0 Å². The minimum absolute atomic E-state index is 0.198. The summed E-state index contributed by atoms with van der Waals surface area (Å²) in [5.74, 6) is 1.23. The molecule has 0 bridgehead atoms. The molecule has 0 aromatic heterocycles. The van der Waals surface area contributed by atoms with Gasteiger partial charge in [0.2, 0.25) is 11.6 Å². The molecule has 1 heterocycles. The molecule has 0 spiro atoms. The number of rotatable bonds is 13. The van der Waals surface area contributed by atoms with Crippen molar-refractivity contribution in [1.82, 2.24) is 0 Å². The average molecular weight is 528 g/mol. The Morgan fingerprint density at radius 2 is 1.31 bits per heavy atom. The van der Waals surface area contributed by atoms with E-state index in [4.69, 9.17) is 18.9 Å². The van der Waals surface area contributed by atoms with Crippen molar-refractivity contribution < 1.29 is 23.7 Å². The number of benzene rings is 3. The Balaban J connectivity index is 1.43. The van der Waals surface area contributed by atoms with Gasteiger partial charge in [0.1, 0.15) is 0 Å². The van der Waals surface area contributed by atoms with Crippen molar-refractivity contribution in [2.75, 3.05) is 21.3 Å². The van der Waals surface area contributed by atoms with Crippen LogP contribution in [0.25, 0.3) is 17.2 Å². The molecule has 0 aliphatic carbocycles. The molecule has 0 radical (unpaired) electrons. The summed E-state index contributed by atoms with van der Waals surface area (Å²) in [5.41, 5.74) is 5.25. The molecule has 39 heavy (non-hydrogen) atoms. The molecule has 3 aromatic carbocycles. The molecule has 0 fully saturated rings. The van der Waals surface area contributed by atoms with Gasteiger partial charge in [0.25, 0.3) is 0 Å². The molecule has 0 saturated carbocycles. The van der Waals surface area contributed by atoms with Crippen molar-refractivity contribution in [2.45, 2.75) is 51.9 Å². The van der Waals surface area contributed by atoms with Crippen LogP contribution in [0, 0.1) is 0 Å². The molecular formula is C33H37NO5. The summed E-state index contributed by atoms with van der Waals surface area (Å²) in [6.07, 6.45) is 10.6. The lowest BCUT2D eigenvalue weighted by molar-refractivity contribution is -0.129. The van der Waals surface area contributed by atoms with Crippen LogP contribution in [0.2, 0.25) is 0 Å². The average Bonchev–Trinajstić information content (AvgIpc) is 3.34. The zero-order valence-electron chi connectivity index (χ0n) is 23.3. The molecule has 1 aliphatic heterocycles. The number of aryl methyl sites for hydroxylation is 1. The maximum absolute atomic E-state index is 12.6. The molecule has 0 saturated heterocycles. The normalized spacial score (nSPS) is 13.8. The van der Waals surface area contributed by atoms with Crippen LogP contribution in [-0.4, -0.2) is 33.2 Å². The Kier molecular flexibility index (Phi) is 9.79. The Hall–Kier alpha value is -4.06. The Labute approximate surface area is 231 Å². The summed E-state index contributed by atoms with van der Waals surface area (Å²) in [6.45, 7) is 2.25. The number of methoxy groups -OCH3 is 3. The number of esters is 1. The van der Waals surface area contributed by atoms with E-state index < -0.39 is 5.97 Å². The molecule has 6 nitrogen and oxygen atoms in total. The predicted octanol–water partition coefficient (Wildman–Crippen LogP) is 7.63. The number of carbonyl (C=O) groups excluding carboxylic acids is 1. The molecule has 6 heteroatoms. The summed E-state index contributed by atoms with van der Waals surface area (Å²) in [6, 6.07) is 20.2. The van der Waals surface area contributed by atoms with Crippen molar-refractivity contribution in [3.8, 4) is 28.4 Å². The highest BCUT2D eigenvalue weighted by molar-refractivity contribution is 6.13. The van der Waals surface area contributed by atoms with Gasteiger partial charge in [-0.3, -0.25) is 0 Å². The lowest BCUT2D eigenvalue weighted by atomic mass is 10.00. The highest BCUT2D eigenvalue weighted by Gasteiger charge is 2.25. The summed E-state index contributed by atoms with van der Waals surface area (Å²) in [5, 5.41) is 0. The fourth-order valence-electron chi connectivity index (χ4n) is 4.65. The van der Waals surface area contributed by atoms with Gasteiger partial charge in [-0.25, -0.2) is 9.79 Å².